The summed E-state index contributed by atoms with van der Waals surface area (Å²) in [5, 5.41) is 9.25. The molecule has 5 nitrogen and oxygen atoms in total. The van der Waals surface area contributed by atoms with Gasteiger partial charge in [-0.2, -0.15) is 0 Å². The molecule has 0 fully saturated rings. The maximum Gasteiger partial charge on any atom is 0.183 e. The molecule has 7 heteroatoms. The van der Waals surface area contributed by atoms with Gasteiger partial charge in [-0.25, -0.2) is 4.98 Å². The van der Waals surface area contributed by atoms with Crippen LogP contribution in [0.4, 0.5) is 0 Å². The SMILES string of the molecule is COc1ccc(Cl)c(-c2nnc3c(C)nc4ccc(Br)cc4n23)c1. The lowest BCUT2D eigenvalue weighted by molar-refractivity contribution is 0.415. The number of rotatable bonds is 2. The van der Waals surface area contributed by atoms with Gasteiger partial charge in [0.2, 0.25) is 0 Å². The molecule has 0 spiro atoms. The number of nitrogens with zero attached hydrogens (tertiary/aromatic N) is 4. The average Bonchev–Trinajstić information content (AvgIpc) is 3.02. The molecule has 0 N–H and O–H groups in total. The van der Waals surface area contributed by atoms with Crippen LogP contribution in [-0.2, 0) is 0 Å². The molecule has 24 heavy (non-hydrogen) atoms. The molecule has 0 aliphatic heterocycles. The summed E-state index contributed by atoms with van der Waals surface area (Å²) < 4.78 is 8.25. The summed E-state index contributed by atoms with van der Waals surface area (Å²) in [6, 6.07) is 11.4. The lowest BCUT2D eigenvalue weighted by Gasteiger charge is -2.09. The van der Waals surface area contributed by atoms with Gasteiger partial charge in [0.1, 0.15) is 5.75 Å². The zero-order chi connectivity index (χ0) is 16.8. The third kappa shape index (κ3) is 2.34. The summed E-state index contributed by atoms with van der Waals surface area (Å²) >= 11 is 9.92. The number of halogens is 2. The van der Waals surface area contributed by atoms with E-state index in [0.29, 0.717) is 22.2 Å². The lowest BCUT2D eigenvalue weighted by Crippen LogP contribution is -1.98. The molecule has 0 saturated heterocycles. The van der Waals surface area contributed by atoms with Gasteiger partial charge in [0, 0.05) is 10.0 Å². The van der Waals surface area contributed by atoms with Crippen molar-refractivity contribution in [3.63, 3.8) is 0 Å². The van der Waals surface area contributed by atoms with Crippen molar-refractivity contribution < 1.29 is 4.74 Å². The molecule has 2 aromatic carbocycles. The number of aryl methyl sites for hydroxylation is 1. The number of methoxy groups -OCH3 is 1. The van der Waals surface area contributed by atoms with E-state index in [1.165, 1.54) is 0 Å². The lowest BCUT2D eigenvalue weighted by atomic mass is 10.2. The predicted octanol–water partition coefficient (Wildman–Crippen LogP) is 4.68. The molecule has 0 bridgehead atoms. The van der Waals surface area contributed by atoms with Crippen LogP contribution in [0.1, 0.15) is 5.69 Å². The molecule has 0 aliphatic rings. The van der Waals surface area contributed by atoms with Crippen LogP contribution >= 0.6 is 27.5 Å². The topological polar surface area (TPSA) is 52.3 Å². The van der Waals surface area contributed by atoms with Crippen LogP contribution in [-0.4, -0.2) is 26.7 Å². The number of fused-ring (bicyclic) bond motifs is 3. The standard InChI is InChI=1S/C17H12BrClN4O/c1-9-16-21-22-17(12-8-11(24-2)4-5-13(12)19)23(16)15-7-10(18)3-6-14(15)20-9/h3-8H,1-2H3. The highest BCUT2D eigenvalue weighted by Gasteiger charge is 2.17. The minimum absolute atomic E-state index is 0.586. The zero-order valence-electron chi connectivity index (χ0n) is 12.9. The van der Waals surface area contributed by atoms with E-state index in [2.05, 4.69) is 31.1 Å². The summed E-state index contributed by atoms with van der Waals surface area (Å²) in [7, 11) is 1.62. The molecule has 0 unspecified atom stereocenters. The zero-order valence-corrected chi connectivity index (χ0v) is 15.3. The van der Waals surface area contributed by atoms with E-state index in [4.69, 9.17) is 16.3 Å². The van der Waals surface area contributed by atoms with Crippen molar-refractivity contribution in [2.24, 2.45) is 0 Å². The van der Waals surface area contributed by atoms with E-state index >= 15 is 0 Å². The fraction of sp³-hybridized carbons (Fsp3) is 0.118. The third-order valence-electron chi connectivity index (χ3n) is 3.87. The summed E-state index contributed by atoms with van der Waals surface area (Å²) in [6.07, 6.45) is 0. The molecule has 2 heterocycles. The largest absolute Gasteiger partial charge is 0.497 e. The van der Waals surface area contributed by atoms with Crippen LogP contribution in [0.3, 0.4) is 0 Å². The number of aromatic nitrogens is 4. The number of hydrogen-bond donors (Lipinski definition) is 0. The molecule has 0 radical (unpaired) electrons. The van der Waals surface area contributed by atoms with Gasteiger partial charge in [-0.1, -0.05) is 27.5 Å². The Hall–Kier alpha value is -2.18. The Labute approximate surface area is 151 Å². The first-order valence-corrected chi connectivity index (χ1v) is 8.40. The molecule has 4 aromatic rings. The van der Waals surface area contributed by atoms with Crippen LogP contribution in [0.5, 0.6) is 5.75 Å². The van der Waals surface area contributed by atoms with Crippen LogP contribution < -0.4 is 4.74 Å². The van der Waals surface area contributed by atoms with Gasteiger partial charge in [-0.3, -0.25) is 4.40 Å². The minimum Gasteiger partial charge on any atom is -0.497 e. The molecule has 0 saturated carbocycles. The molecule has 0 atom stereocenters. The molecule has 4 rings (SSSR count). The third-order valence-corrected chi connectivity index (χ3v) is 4.69. The first kappa shape index (κ1) is 15.4. The van der Waals surface area contributed by atoms with Gasteiger partial charge in [0.05, 0.1) is 28.9 Å². The summed E-state index contributed by atoms with van der Waals surface area (Å²) in [4.78, 5) is 4.61. The van der Waals surface area contributed by atoms with Crippen molar-refractivity contribution in [1.82, 2.24) is 19.6 Å². The molecular weight excluding hydrogens is 392 g/mol. The Morgan fingerprint density at radius 1 is 1.12 bits per heavy atom. The highest BCUT2D eigenvalue weighted by Crippen LogP contribution is 2.32. The second-order valence-electron chi connectivity index (χ2n) is 5.36. The van der Waals surface area contributed by atoms with Crippen molar-refractivity contribution in [1.29, 1.82) is 0 Å². The van der Waals surface area contributed by atoms with Crippen LogP contribution in [0.25, 0.3) is 28.1 Å². The maximum atomic E-state index is 6.41. The molecular formula is C17H12BrClN4O. The fourth-order valence-corrected chi connectivity index (χ4v) is 3.28. The Morgan fingerprint density at radius 3 is 2.75 bits per heavy atom. The number of ether oxygens (including phenoxy) is 1. The van der Waals surface area contributed by atoms with Gasteiger partial charge in [-0.15, -0.1) is 10.2 Å². The Bertz CT molecular complexity index is 1090. The van der Waals surface area contributed by atoms with E-state index in [9.17, 15) is 0 Å². The van der Waals surface area contributed by atoms with Crippen LogP contribution in [0.2, 0.25) is 5.02 Å². The van der Waals surface area contributed by atoms with Gasteiger partial charge in [0.15, 0.2) is 11.5 Å². The molecule has 2 aromatic heterocycles. The van der Waals surface area contributed by atoms with Gasteiger partial charge < -0.3 is 4.74 Å². The summed E-state index contributed by atoms with van der Waals surface area (Å²) in [6.45, 7) is 1.92. The Morgan fingerprint density at radius 2 is 1.96 bits per heavy atom. The van der Waals surface area contributed by atoms with Gasteiger partial charge in [0.25, 0.3) is 0 Å². The number of benzene rings is 2. The van der Waals surface area contributed by atoms with Crippen molar-refractivity contribution in [2.45, 2.75) is 6.92 Å². The van der Waals surface area contributed by atoms with E-state index in [0.717, 1.165) is 26.8 Å². The van der Waals surface area contributed by atoms with E-state index in [-0.39, 0.29) is 0 Å². The quantitative estimate of drug-likeness (QED) is 0.488. The van der Waals surface area contributed by atoms with E-state index in [1.807, 2.05) is 41.7 Å². The highest BCUT2D eigenvalue weighted by molar-refractivity contribution is 9.10. The van der Waals surface area contributed by atoms with Gasteiger partial charge >= 0.3 is 0 Å². The van der Waals surface area contributed by atoms with Crippen LogP contribution in [0, 0.1) is 6.92 Å². The smallest absolute Gasteiger partial charge is 0.183 e. The Kier molecular flexibility index (Phi) is 3.66. The van der Waals surface area contributed by atoms with Crippen LogP contribution in [0.15, 0.2) is 40.9 Å². The summed E-state index contributed by atoms with van der Waals surface area (Å²) in [5.41, 5.74) is 4.04. The first-order chi connectivity index (χ1) is 11.6. The molecule has 0 amide bonds. The molecule has 0 aliphatic carbocycles. The maximum absolute atomic E-state index is 6.41. The molecule has 120 valence electrons. The van der Waals surface area contributed by atoms with E-state index in [1.54, 1.807) is 13.2 Å². The van der Waals surface area contributed by atoms with Crippen molar-refractivity contribution >= 4 is 44.2 Å². The highest BCUT2D eigenvalue weighted by atomic mass is 79.9. The summed E-state index contributed by atoms with van der Waals surface area (Å²) in [5.74, 6) is 1.37. The van der Waals surface area contributed by atoms with E-state index < -0.39 is 0 Å². The second kappa shape index (κ2) is 5.72. The normalized spacial score (nSPS) is 11.3. The van der Waals surface area contributed by atoms with Gasteiger partial charge in [-0.05, 0) is 43.3 Å². The van der Waals surface area contributed by atoms with Crippen molar-refractivity contribution in [3.8, 4) is 17.1 Å². The minimum atomic E-state index is 0.586. The first-order valence-electron chi connectivity index (χ1n) is 7.23. The predicted molar refractivity (Wildman–Crippen MR) is 97.7 cm³/mol. The second-order valence-corrected chi connectivity index (χ2v) is 6.68. The monoisotopic (exact) mass is 402 g/mol. The van der Waals surface area contributed by atoms with Crippen molar-refractivity contribution in [2.75, 3.05) is 7.11 Å². The average molecular weight is 404 g/mol. The van der Waals surface area contributed by atoms with Crippen molar-refractivity contribution in [3.05, 3.63) is 51.6 Å². The number of hydrogen-bond acceptors (Lipinski definition) is 4. The Balaban J connectivity index is 2.14. The fourth-order valence-electron chi connectivity index (χ4n) is 2.72.